The number of likely N-dealkylation sites (tertiary alicyclic amines) is 1. The minimum absolute atomic E-state index is 0.0197. The lowest BCUT2D eigenvalue weighted by atomic mass is 10.1. The van der Waals surface area contributed by atoms with Crippen LogP contribution in [-0.2, 0) is 11.3 Å². The van der Waals surface area contributed by atoms with Crippen LogP contribution in [0, 0.1) is 0 Å². The number of carbonyl (C=O) groups is 1. The largest absolute Gasteiger partial charge is 0.350 e. The Morgan fingerprint density at radius 2 is 2.22 bits per heavy atom. The Bertz CT molecular complexity index is 1080. The van der Waals surface area contributed by atoms with Crippen LogP contribution >= 0.6 is 11.3 Å². The molecule has 0 unspecified atom stereocenters. The number of piperidine rings is 1. The van der Waals surface area contributed by atoms with Gasteiger partial charge in [-0.3, -0.25) is 14.0 Å². The van der Waals surface area contributed by atoms with Gasteiger partial charge in [0.1, 0.15) is 22.7 Å². The van der Waals surface area contributed by atoms with E-state index < -0.39 is 0 Å². The summed E-state index contributed by atoms with van der Waals surface area (Å²) in [6.07, 6.45) is 4.25. The van der Waals surface area contributed by atoms with Crippen LogP contribution in [0.1, 0.15) is 37.4 Å². The summed E-state index contributed by atoms with van der Waals surface area (Å²) in [6.45, 7) is 1.91. The Labute approximate surface area is 160 Å². The zero-order valence-electron chi connectivity index (χ0n) is 15.4. The van der Waals surface area contributed by atoms with Gasteiger partial charge in [-0.15, -0.1) is 11.3 Å². The Hall–Kier alpha value is -2.19. The third-order valence-electron chi connectivity index (χ3n) is 5.54. The van der Waals surface area contributed by atoms with E-state index in [-0.39, 0.29) is 24.1 Å². The fourth-order valence-corrected chi connectivity index (χ4v) is 4.97. The number of aromatic nitrogens is 3. The number of hydrogen-bond acceptors (Lipinski definition) is 5. The van der Waals surface area contributed by atoms with Crippen LogP contribution in [0.5, 0.6) is 0 Å². The van der Waals surface area contributed by atoms with Gasteiger partial charge in [0, 0.05) is 23.9 Å². The minimum Gasteiger partial charge on any atom is -0.350 e. The summed E-state index contributed by atoms with van der Waals surface area (Å²) in [5.41, 5.74) is 0.428. The maximum atomic E-state index is 13.0. The molecule has 8 heteroatoms. The average molecular weight is 385 g/mol. The molecule has 1 amide bonds. The van der Waals surface area contributed by atoms with Crippen molar-refractivity contribution < 1.29 is 4.79 Å². The molecule has 3 aromatic rings. The van der Waals surface area contributed by atoms with E-state index in [4.69, 9.17) is 0 Å². The van der Waals surface area contributed by atoms with Gasteiger partial charge in [0.15, 0.2) is 0 Å². The van der Waals surface area contributed by atoms with Gasteiger partial charge in [-0.25, -0.2) is 4.68 Å². The van der Waals surface area contributed by atoms with E-state index in [1.165, 1.54) is 4.68 Å². The highest BCUT2D eigenvalue weighted by atomic mass is 32.1. The Kier molecular flexibility index (Phi) is 4.05. The second kappa shape index (κ2) is 6.45. The number of thiophene rings is 1. The van der Waals surface area contributed by atoms with Gasteiger partial charge < -0.3 is 10.2 Å². The molecule has 0 radical (unpaired) electrons. The van der Waals surface area contributed by atoms with Crippen LogP contribution in [0.15, 0.2) is 22.3 Å². The van der Waals surface area contributed by atoms with Crippen molar-refractivity contribution in [2.45, 2.75) is 44.2 Å². The predicted octanol–water partition coefficient (Wildman–Crippen LogP) is 1.80. The number of hydrogen-bond donors (Lipinski definition) is 1. The van der Waals surface area contributed by atoms with E-state index in [0.29, 0.717) is 11.4 Å². The lowest BCUT2D eigenvalue weighted by molar-refractivity contribution is -0.123. The maximum Gasteiger partial charge on any atom is 0.291 e. The van der Waals surface area contributed by atoms with Gasteiger partial charge >= 0.3 is 0 Å². The summed E-state index contributed by atoms with van der Waals surface area (Å²) in [4.78, 5) is 28.8. The standard InChI is InChI=1S/C19H23N5O2S/c1-22-7-2-3-14(10-22)20-16(25)11-23-18(26)15-9-13-6-8-27-19(13)24(15)17(21-23)12-4-5-12/h6,8-9,12,14H,2-5,7,10-11H2,1H3,(H,20,25)/t14-/m1/s1. The first-order chi connectivity index (χ1) is 13.1. The number of nitrogens with zero attached hydrogens (tertiary/aromatic N) is 4. The fourth-order valence-electron chi connectivity index (χ4n) is 4.06. The summed E-state index contributed by atoms with van der Waals surface area (Å²) >= 11 is 1.63. The van der Waals surface area contributed by atoms with E-state index >= 15 is 0 Å². The molecule has 27 heavy (non-hydrogen) atoms. The van der Waals surface area contributed by atoms with E-state index in [9.17, 15) is 9.59 Å². The smallest absolute Gasteiger partial charge is 0.291 e. The molecule has 142 valence electrons. The van der Waals surface area contributed by atoms with Crippen molar-refractivity contribution in [2.24, 2.45) is 0 Å². The molecule has 4 heterocycles. The quantitative estimate of drug-likeness (QED) is 0.743. The Morgan fingerprint density at radius 1 is 1.37 bits per heavy atom. The maximum absolute atomic E-state index is 13.0. The Morgan fingerprint density at radius 3 is 3.00 bits per heavy atom. The molecule has 0 spiro atoms. The van der Waals surface area contributed by atoms with Gasteiger partial charge in [0.2, 0.25) is 5.91 Å². The second-order valence-corrected chi connectivity index (χ2v) is 8.70. The second-order valence-electron chi connectivity index (χ2n) is 7.81. The predicted molar refractivity (Wildman–Crippen MR) is 105 cm³/mol. The number of nitrogens with one attached hydrogen (secondary N) is 1. The zero-order valence-corrected chi connectivity index (χ0v) is 16.2. The topological polar surface area (TPSA) is 71.6 Å². The molecule has 2 fully saturated rings. The summed E-state index contributed by atoms with van der Waals surface area (Å²) in [5.74, 6) is 1.16. The first-order valence-corrected chi connectivity index (χ1v) is 10.5. The van der Waals surface area contributed by atoms with Gasteiger partial charge in [-0.05, 0) is 56.8 Å². The number of rotatable bonds is 4. The summed E-state index contributed by atoms with van der Waals surface area (Å²) in [6, 6.07) is 4.10. The molecular formula is C19H23N5O2S. The SMILES string of the molecule is CN1CCC[C@@H](NC(=O)Cn2nc(C3CC3)n3c(cc4ccsc43)c2=O)C1. The van der Waals surface area contributed by atoms with Crippen molar-refractivity contribution in [3.05, 3.63) is 33.7 Å². The summed E-state index contributed by atoms with van der Waals surface area (Å²) in [5, 5.41) is 10.8. The van der Waals surface area contributed by atoms with Crippen molar-refractivity contribution >= 4 is 33.0 Å². The fraction of sp³-hybridized carbons (Fsp3) is 0.526. The summed E-state index contributed by atoms with van der Waals surface area (Å²) in [7, 11) is 2.07. The normalized spacial score (nSPS) is 21.1. The molecule has 7 nitrogen and oxygen atoms in total. The molecule has 1 N–H and O–H groups in total. The van der Waals surface area contributed by atoms with Gasteiger partial charge in [-0.2, -0.15) is 5.10 Å². The molecule has 0 aromatic carbocycles. The van der Waals surface area contributed by atoms with E-state index in [1.807, 2.05) is 21.9 Å². The highest BCUT2D eigenvalue weighted by molar-refractivity contribution is 7.16. The van der Waals surface area contributed by atoms with Crippen molar-refractivity contribution in [3.63, 3.8) is 0 Å². The molecule has 1 aliphatic heterocycles. The molecule has 1 aliphatic carbocycles. The van der Waals surface area contributed by atoms with Crippen LogP contribution in [0.3, 0.4) is 0 Å². The van der Waals surface area contributed by atoms with Crippen LogP contribution in [0.4, 0.5) is 0 Å². The molecule has 2 aliphatic rings. The number of fused-ring (bicyclic) bond motifs is 3. The van der Waals surface area contributed by atoms with Crippen molar-refractivity contribution in [1.82, 2.24) is 24.4 Å². The molecule has 5 rings (SSSR count). The lowest BCUT2D eigenvalue weighted by Gasteiger charge is -2.30. The van der Waals surface area contributed by atoms with Gasteiger partial charge in [-0.1, -0.05) is 0 Å². The molecular weight excluding hydrogens is 362 g/mol. The number of likely N-dealkylation sites (N-methyl/N-ethyl adjacent to an activating group) is 1. The third kappa shape index (κ3) is 3.06. The summed E-state index contributed by atoms with van der Waals surface area (Å²) < 4.78 is 3.36. The lowest BCUT2D eigenvalue weighted by Crippen LogP contribution is -2.48. The highest BCUT2D eigenvalue weighted by Crippen LogP contribution is 2.40. The van der Waals surface area contributed by atoms with Crippen molar-refractivity contribution in [3.8, 4) is 0 Å². The van der Waals surface area contributed by atoms with Crippen molar-refractivity contribution in [2.75, 3.05) is 20.1 Å². The van der Waals surface area contributed by atoms with E-state index in [0.717, 1.165) is 54.8 Å². The molecule has 1 atom stereocenters. The van der Waals surface area contributed by atoms with Crippen LogP contribution in [0.25, 0.3) is 15.7 Å². The van der Waals surface area contributed by atoms with Crippen LogP contribution < -0.4 is 10.9 Å². The van der Waals surface area contributed by atoms with Crippen molar-refractivity contribution in [1.29, 1.82) is 0 Å². The first-order valence-electron chi connectivity index (χ1n) is 9.58. The van der Waals surface area contributed by atoms with Crippen LogP contribution in [0.2, 0.25) is 0 Å². The number of carbonyl (C=O) groups excluding carboxylic acids is 1. The third-order valence-corrected chi connectivity index (χ3v) is 6.46. The van der Waals surface area contributed by atoms with E-state index in [1.54, 1.807) is 11.3 Å². The van der Waals surface area contributed by atoms with E-state index in [2.05, 4.69) is 22.4 Å². The average Bonchev–Trinajstić information content (AvgIpc) is 3.26. The molecule has 0 bridgehead atoms. The molecule has 1 saturated carbocycles. The zero-order chi connectivity index (χ0) is 18.5. The first kappa shape index (κ1) is 16.9. The monoisotopic (exact) mass is 385 g/mol. The number of amides is 1. The molecule has 3 aromatic heterocycles. The van der Waals surface area contributed by atoms with Gasteiger partial charge in [0.05, 0.1) is 0 Å². The Balaban J connectivity index is 1.47. The highest BCUT2D eigenvalue weighted by Gasteiger charge is 2.30. The van der Waals surface area contributed by atoms with Gasteiger partial charge in [0.25, 0.3) is 5.56 Å². The van der Waals surface area contributed by atoms with Crippen LogP contribution in [-0.4, -0.2) is 51.2 Å². The molecule has 1 saturated heterocycles. The minimum atomic E-state index is -0.196.